The van der Waals surface area contributed by atoms with E-state index in [1.54, 1.807) is 23.9 Å². The standard InChI is InChI=1S/C13H19ClN2O2S2/c1-2-15-8-10-3-4-12(14)13(7-10)20(17,18)16-11-5-6-19-9-11/h3-4,7,11,15-16H,2,5-6,8-9H2,1H3. The Morgan fingerprint density at radius 1 is 1.45 bits per heavy atom. The number of thioether (sulfide) groups is 1. The van der Waals surface area contributed by atoms with Crippen molar-refractivity contribution < 1.29 is 8.42 Å². The van der Waals surface area contributed by atoms with Crippen LogP contribution in [0.2, 0.25) is 5.02 Å². The molecule has 1 aliphatic rings. The third-order valence-electron chi connectivity index (χ3n) is 3.12. The molecule has 0 bridgehead atoms. The Labute approximate surface area is 129 Å². The van der Waals surface area contributed by atoms with Gasteiger partial charge in [0, 0.05) is 18.3 Å². The molecule has 1 heterocycles. The predicted molar refractivity (Wildman–Crippen MR) is 84.9 cm³/mol. The summed E-state index contributed by atoms with van der Waals surface area (Å²) in [4.78, 5) is 0.173. The van der Waals surface area contributed by atoms with Gasteiger partial charge in [-0.2, -0.15) is 11.8 Å². The molecule has 0 radical (unpaired) electrons. The smallest absolute Gasteiger partial charge is 0.242 e. The number of sulfonamides is 1. The Morgan fingerprint density at radius 2 is 2.25 bits per heavy atom. The lowest BCUT2D eigenvalue weighted by atomic mass is 10.2. The molecule has 1 unspecified atom stereocenters. The Hall–Kier alpha value is -0.270. The van der Waals surface area contributed by atoms with E-state index in [2.05, 4.69) is 10.0 Å². The van der Waals surface area contributed by atoms with Gasteiger partial charge in [0.15, 0.2) is 0 Å². The Morgan fingerprint density at radius 3 is 2.90 bits per heavy atom. The van der Waals surface area contributed by atoms with Crippen LogP contribution >= 0.6 is 23.4 Å². The van der Waals surface area contributed by atoms with Crippen molar-refractivity contribution in [2.75, 3.05) is 18.1 Å². The largest absolute Gasteiger partial charge is 0.313 e. The Bertz CT molecular complexity index is 557. The van der Waals surface area contributed by atoms with E-state index in [9.17, 15) is 8.42 Å². The molecule has 0 amide bonds. The molecular formula is C13H19ClN2O2S2. The predicted octanol–water partition coefficient (Wildman–Crippen LogP) is 2.23. The molecule has 0 saturated carbocycles. The maximum Gasteiger partial charge on any atom is 0.242 e. The third-order valence-corrected chi connectivity index (χ3v) is 6.28. The van der Waals surface area contributed by atoms with E-state index in [1.807, 2.05) is 13.0 Å². The zero-order chi connectivity index (χ0) is 14.6. The quantitative estimate of drug-likeness (QED) is 0.837. The second-order valence-corrected chi connectivity index (χ2v) is 7.97. The second-order valence-electron chi connectivity index (χ2n) is 4.73. The highest BCUT2D eigenvalue weighted by molar-refractivity contribution is 7.99. The fraction of sp³-hybridized carbons (Fsp3) is 0.538. The molecule has 1 saturated heterocycles. The molecule has 0 spiro atoms. The Balaban J connectivity index is 2.20. The molecule has 1 aliphatic heterocycles. The van der Waals surface area contributed by atoms with Gasteiger partial charge in [0.2, 0.25) is 10.0 Å². The number of hydrogen-bond donors (Lipinski definition) is 2. The SMILES string of the molecule is CCNCc1ccc(Cl)c(S(=O)(=O)NC2CCSC2)c1. The third kappa shape index (κ3) is 4.11. The number of benzene rings is 1. The van der Waals surface area contributed by atoms with Gasteiger partial charge in [0.1, 0.15) is 4.90 Å². The molecule has 1 fully saturated rings. The van der Waals surface area contributed by atoms with Crippen molar-refractivity contribution in [3.8, 4) is 0 Å². The first-order valence-electron chi connectivity index (χ1n) is 6.62. The minimum absolute atomic E-state index is 0.0125. The summed E-state index contributed by atoms with van der Waals surface area (Å²) in [6.45, 7) is 3.48. The van der Waals surface area contributed by atoms with Gasteiger partial charge in [-0.25, -0.2) is 13.1 Å². The van der Waals surface area contributed by atoms with Crippen molar-refractivity contribution in [2.24, 2.45) is 0 Å². The fourth-order valence-electron chi connectivity index (χ4n) is 2.04. The molecule has 0 aromatic heterocycles. The second kappa shape index (κ2) is 7.13. The van der Waals surface area contributed by atoms with Crippen LogP contribution < -0.4 is 10.0 Å². The Kier molecular flexibility index (Phi) is 5.74. The molecule has 1 atom stereocenters. The highest BCUT2D eigenvalue weighted by Gasteiger charge is 2.25. The molecule has 20 heavy (non-hydrogen) atoms. The molecule has 2 N–H and O–H groups in total. The lowest BCUT2D eigenvalue weighted by Gasteiger charge is -2.14. The minimum Gasteiger partial charge on any atom is -0.313 e. The summed E-state index contributed by atoms with van der Waals surface area (Å²) in [6, 6.07) is 5.15. The first-order chi connectivity index (χ1) is 9.53. The summed E-state index contributed by atoms with van der Waals surface area (Å²) in [7, 11) is -3.54. The summed E-state index contributed by atoms with van der Waals surface area (Å²) in [6.07, 6.45) is 0.874. The van der Waals surface area contributed by atoms with Gasteiger partial charge in [0.25, 0.3) is 0 Å². The summed E-state index contributed by atoms with van der Waals surface area (Å²) in [5, 5.41) is 3.44. The molecule has 2 rings (SSSR count). The van der Waals surface area contributed by atoms with Gasteiger partial charge in [0.05, 0.1) is 5.02 Å². The van der Waals surface area contributed by atoms with Crippen LogP contribution in [-0.2, 0) is 16.6 Å². The van der Waals surface area contributed by atoms with Crippen molar-refractivity contribution in [2.45, 2.75) is 30.8 Å². The summed E-state index contributed by atoms with van der Waals surface area (Å²) >= 11 is 7.82. The zero-order valence-corrected chi connectivity index (χ0v) is 13.7. The van der Waals surface area contributed by atoms with E-state index in [1.165, 1.54) is 0 Å². The molecule has 1 aromatic rings. The molecule has 7 heteroatoms. The van der Waals surface area contributed by atoms with E-state index in [4.69, 9.17) is 11.6 Å². The molecule has 0 aliphatic carbocycles. The van der Waals surface area contributed by atoms with Crippen LogP contribution in [-0.4, -0.2) is 32.5 Å². The van der Waals surface area contributed by atoms with Gasteiger partial charge < -0.3 is 5.32 Å². The maximum atomic E-state index is 12.4. The first-order valence-corrected chi connectivity index (χ1v) is 9.63. The van der Waals surface area contributed by atoms with Crippen LogP contribution in [0, 0.1) is 0 Å². The van der Waals surface area contributed by atoms with Crippen LogP contribution in [0.3, 0.4) is 0 Å². The van der Waals surface area contributed by atoms with Crippen LogP contribution in [0.5, 0.6) is 0 Å². The normalized spacial score (nSPS) is 19.4. The highest BCUT2D eigenvalue weighted by atomic mass is 35.5. The number of hydrogen-bond acceptors (Lipinski definition) is 4. The first kappa shape index (κ1) is 16.1. The summed E-state index contributed by atoms with van der Waals surface area (Å²) in [5.74, 6) is 1.83. The van der Waals surface area contributed by atoms with Crippen molar-refractivity contribution in [3.05, 3.63) is 28.8 Å². The van der Waals surface area contributed by atoms with Crippen LogP contribution in [0.15, 0.2) is 23.1 Å². The van der Waals surface area contributed by atoms with Crippen molar-refractivity contribution in [1.82, 2.24) is 10.0 Å². The minimum atomic E-state index is -3.54. The van der Waals surface area contributed by atoms with Gasteiger partial charge in [-0.05, 0) is 36.4 Å². The lowest BCUT2D eigenvalue weighted by Crippen LogP contribution is -2.34. The average Bonchev–Trinajstić information content (AvgIpc) is 2.89. The van der Waals surface area contributed by atoms with Gasteiger partial charge in [-0.15, -0.1) is 0 Å². The van der Waals surface area contributed by atoms with Crippen LogP contribution in [0.1, 0.15) is 18.9 Å². The van der Waals surface area contributed by atoms with Gasteiger partial charge in [-0.3, -0.25) is 0 Å². The van der Waals surface area contributed by atoms with Crippen molar-refractivity contribution in [3.63, 3.8) is 0 Å². The topological polar surface area (TPSA) is 58.2 Å². The van der Waals surface area contributed by atoms with Crippen LogP contribution in [0.4, 0.5) is 0 Å². The lowest BCUT2D eigenvalue weighted by molar-refractivity contribution is 0.563. The molecule has 4 nitrogen and oxygen atoms in total. The number of halogens is 1. The maximum absolute atomic E-state index is 12.4. The van der Waals surface area contributed by atoms with E-state index in [0.717, 1.165) is 30.0 Å². The summed E-state index contributed by atoms with van der Waals surface area (Å²) < 4.78 is 27.6. The monoisotopic (exact) mass is 334 g/mol. The fourth-order valence-corrected chi connectivity index (χ4v) is 5.12. The van der Waals surface area contributed by atoms with E-state index < -0.39 is 10.0 Å². The van der Waals surface area contributed by atoms with Crippen molar-refractivity contribution >= 4 is 33.4 Å². The van der Waals surface area contributed by atoms with E-state index in [0.29, 0.717) is 6.54 Å². The summed E-state index contributed by atoms with van der Waals surface area (Å²) in [5.41, 5.74) is 0.914. The van der Waals surface area contributed by atoms with Crippen molar-refractivity contribution in [1.29, 1.82) is 0 Å². The number of rotatable bonds is 6. The highest BCUT2D eigenvalue weighted by Crippen LogP contribution is 2.25. The van der Waals surface area contributed by atoms with E-state index >= 15 is 0 Å². The number of nitrogens with one attached hydrogen (secondary N) is 2. The molecule has 1 aromatic carbocycles. The van der Waals surface area contributed by atoms with Crippen LogP contribution in [0.25, 0.3) is 0 Å². The molecule has 112 valence electrons. The van der Waals surface area contributed by atoms with E-state index in [-0.39, 0.29) is 16.0 Å². The molecular weight excluding hydrogens is 316 g/mol. The van der Waals surface area contributed by atoms with Gasteiger partial charge in [-0.1, -0.05) is 24.6 Å². The zero-order valence-electron chi connectivity index (χ0n) is 11.4. The average molecular weight is 335 g/mol. The van der Waals surface area contributed by atoms with Gasteiger partial charge >= 0.3 is 0 Å².